The molecule has 12 heteroatoms. The third-order valence-corrected chi connectivity index (χ3v) is 8.23. The minimum Gasteiger partial charge on any atom is -0.496 e. The van der Waals surface area contributed by atoms with E-state index in [4.69, 9.17) is 23.7 Å². The zero-order chi connectivity index (χ0) is 30.1. The van der Waals surface area contributed by atoms with E-state index in [1.807, 2.05) is 0 Å². The fourth-order valence-corrected chi connectivity index (χ4v) is 6.22. The number of nitrogens with zero attached hydrogens (tertiary/aromatic N) is 2. The molecule has 1 atom stereocenters. The molecule has 1 unspecified atom stereocenters. The highest BCUT2D eigenvalue weighted by Crippen LogP contribution is 2.41. The molecule has 10 nitrogen and oxygen atoms in total. The lowest BCUT2D eigenvalue weighted by atomic mass is 9.95. The minimum absolute atomic E-state index is 0.149. The number of allylic oxidation sites excluding steroid dienone is 1. The number of thiazole rings is 1. The summed E-state index contributed by atoms with van der Waals surface area (Å²) in [5.74, 6) is 0.258. The summed E-state index contributed by atoms with van der Waals surface area (Å²) in [7, 11) is 3.03. The maximum absolute atomic E-state index is 14.0. The number of methoxy groups -OCH3 is 2. The maximum atomic E-state index is 14.0. The Bertz CT molecular complexity index is 1920. The summed E-state index contributed by atoms with van der Waals surface area (Å²) in [5.41, 5.74) is 1.66. The molecule has 0 saturated carbocycles. The van der Waals surface area contributed by atoms with E-state index in [0.717, 1.165) is 11.3 Å². The van der Waals surface area contributed by atoms with E-state index in [1.54, 1.807) is 56.3 Å². The molecular weight excluding hydrogens is 628 g/mol. The van der Waals surface area contributed by atoms with Crippen molar-refractivity contribution in [2.24, 2.45) is 4.99 Å². The molecule has 1 aliphatic rings. The first-order chi connectivity index (χ1) is 20.2. The summed E-state index contributed by atoms with van der Waals surface area (Å²) in [4.78, 5) is 43.3. The number of benzene rings is 2. The summed E-state index contributed by atoms with van der Waals surface area (Å²) in [6, 6.07) is 12.3. The van der Waals surface area contributed by atoms with Gasteiger partial charge in [-0.3, -0.25) is 9.36 Å². The number of aromatic carboxylic acids is 1. The number of halogens is 1. The first-order valence-electron chi connectivity index (χ1n) is 12.7. The van der Waals surface area contributed by atoms with Crippen molar-refractivity contribution in [1.29, 1.82) is 0 Å². The lowest BCUT2D eigenvalue weighted by Gasteiger charge is -2.26. The van der Waals surface area contributed by atoms with Crippen molar-refractivity contribution in [3.8, 4) is 22.8 Å². The van der Waals surface area contributed by atoms with Crippen LogP contribution in [-0.4, -0.2) is 42.4 Å². The van der Waals surface area contributed by atoms with E-state index < -0.39 is 18.0 Å². The number of carboxylic acids is 1. The van der Waals surface area contributed by atoms with Crippen LogP contribution in [-0.2, 0) is 9.53 Å². The van der Waals surface area contributed by atoms with Gasteiger partial charge >= 0.3 is 11.9 Å². The molecule has 0 spiro atoms. The minimum atomic E-state index is -1.02. The van der Waals surface area contributed by atoms with E-state index >= 15 is 0 Å². The highest BCUT2D eigenvalue weighted by Gasteiger charge is 2.35. The second kappa shape index (κ2) is 11.8. The Kier molecular flexibility index (Phi) is 8.19. The number of fused-ring (bicyclic) bond motifs is 1. The predicted molar refractivity (Wildman–Crippen MR) is 159 cm³/mol. The first kappa shape index (κ1) is 29.1. The monoisotopic (exact) mass is 652 g/mol. The molecule has 0 bridgehead atoms. The molecule has 0 amide bonds. The van der Waals surface area contributed by atoms with Gasteiger partial charge < -0.3 is 23.7 Å². The van der Waals surface area contributed by atoms with Crippen molar-refractivity contribution in [2.45, 2.75) is 19.9 Å². The second-order valence-corrected chi connectivity index (χ2v) is 11.0. The van der Waals surface area contributed by atoms with Crippen molar-refractivity contribution in [2.75, 3.05) is 20.8 Å². The average Bonchev–Trinajstić information content (AvgIpc) is 3.56. The first-order valence-corrected chi connectivity index (χ1v) is 14.3. The lowest BCUT2D eigenvalue weighted by molar-refractivity contribution is -0.139. The van der Waals surface area contributed by atoms with E-state index in [2.05, 4.69) is 20.9 Å². The van der Waals surface area contributed by atoms with Crippen molar-refractivity contribution in [3.05, 3.63) is 101 Å². The maximum Gasteiger partial charge on any atom is 0.338 e. The van der Waals surface area contributed by atoms with Crippen LogP contribution in [0.15, 0.2) is 78.5 Å². The zero-order valence-corrected chi connectivity index (χ0v) is 25.4. The number of rotatable bonds is 8. The van der Waals surface area contributed by atoms with Crippen LogP contribution in [0, 0.1) is 0 Å². The number of esters is 1. The number of furan rings is 1. The lowest BCUT2D eigenvalue weighted by Crippen LogP contribution is -2.40. The molecule has 5 rings (SSSR count). The fourth-order valence-electron chi connectivity index (χ4n) is 4.67. The molecule has 3 heterocycles. The van der Waals surface area contributed by atoms with Gasteiger partial charge in [-0.2, -0.15) is 0 Å². The van der Waals surface area contributed by atoms with Crippen LogP contribution < -0.4 is 24.4 Å². The SMILES string of the molecule is CCOC(=O)C1=C(C)N=c2s/c(=C/c3ccc(-c4ccc(C(=O)O)cc4)o3)c(=O)n2C1c1cc(Br)c(OC)cc1OC. The summed E-state index contributed by atoms with van der Waals surface area (Å²) in [6.07, 6.45) is 1.61. The smallest absolute Gasteiger partial charge is 0.338 e. The molecule has 0 radical (unpaired) electrons. The zero-order valence-electron chi connectivity index (χ0n) is 23.0. The average molecular weight is 654 g/mol. The third-order valence-electron chi connectivity index (χ3n) is 6.63. The molecule has 1 aliphatic heterocycles. The molecule has 42 heavy (non-hydrogen) atoms. The van der Waals surface area contributed by atoms with Crippen molar-refractivity contribution < 1.29 is 33.3 Å². The van der Waals surface area contributed by atoms with Gasteiger partial charge in [-0.15, -0.1) is 0 Å². The summed E-state index contributed by atoms with van der Waals surface area (Å²) < 4.78 is 24.8. The third kappa shape index (κ3) is 5.30. The van der Waals surface area contributed by atoms with Gasteiger partial charge in [0, 0.05) is 23.3 Å². The Hall–Kier alpha value is -4.42. The van der Waals surface area contributed by atoms with Gasteiger partial charge in [-0.25, -0.2) is 14.6 Å². The number of hydrogen-bond acceptors (Lipinski definition) is 9. The number of carboxylic acid groups (broad SMARTS) is 1. The van der Waals surface area contributed by atoms with Gasteiger partial charge in [-0.05, 0) is 60.1 Å². The second-order valence-electron chi connectivity index (χ2n) is 9.12. The van der Waals surface area contributed by atoms with Gasteiger partial charge in [0.15, 0.2) is 4.80 Å². The van der Waals surface area contributed by atoms with Crippen LogP contribution in [0.25, 0.3) is 17.4 Å². The van der Waals surface area contributed by atoms with Crippen LogP contribution in [0.4, 0.5) is 0 Å². The van der Waals surface area contributed by atoms with Crippen molar-refractivity contribution >= 4 is 45.3 Å². The molecule has 216 valence electrons. The van der Waals surface area contributed by atoms with Crippen molar-refractivity contribution in [3.63, 3.8) is 0 Å². The molecule has 1 N–H and O–H groups in total. The quantitative estimate of drug-likeness (QED) is 0.275. The number of carbonyl (C=O) groups excluding carboxylic acids is 1. The number of hydrogen-bond donors (Lipinski definition) is 1. The Morgan fingerprint density at radius 1 is 1.12 bits per heavy atom. The van der Waals surface area contributed by atoms with Gasteiger partial charge in [0.25, 0.3) is 5.56 Å². The Labute approximate surface area is 251 Å². The Balaban J connectivity index is 1.65. The van der Waals surface area contributed by atoms with E-state index in [1.165, 1.54) is 30.9 Å². The molecular formula is C30H25BrN2O8S. The number of ether oxygens (including phenoxy) is 3. The van der Waals surface area contributed by atoms with Crippen LogP contribution in [0.2, 0.25) is 0 Å². The normalized spacial score (nSPS) is 14.8. The highest BCUT2D eigenvalue weighted by atomic mass is 79.9. The van der Waals surface area contributed by atoms with Crippen molar-refractivity contribution in [1.82, 2.24) is 4.57 Å². The largest absolute Gasteiger partial charge is 0.496 e. The molecule has 0 fully saturated rings. The van der Waals surface area contributed by atoms with E-state index in [9.17, 15) is 14.4 Å². The fraction of sp³-hybridized carbons (Fsp3) is 0.200. The molecule has 0 aliphatic carbocycles. The van der Waals surface area contributed by atoms with Gasteiger partial charge in [0.2, 0.25) is 0 Å². The molecule has 2 aromatic heterocycles. The Morgan fingerprint density at radius 3 is 2.48 bits per heavy atom. The summed E-state index contributed by atoms with van der Waals surface area (Å²) >= 11 is 4.67. The summed E-state index contributed by atoms with van der Waals surface area (Å²) in [5, 5.41) is 9.15. The summed E-state index contributed by atoms with van der Waals surface area (Å²) in [6.45, 7) is 3.56. The number of aromatic nitrogens is 1. The highest BCUT2D eigenvalue weighted by molar-refractivity contribution is 9.10. The van der Waals surface area contributed by atoms with Gasteiger partial charge in [0.05, 0.1) is 46.7 Å². The Morgan fingerprint density at radius 2 is 1.83 bits per heavy atom. The van der Waals surface area contributed by atoms with Crippen LogP contribution >= 0.6 is 27.3 Å². The van der Waals surface area contributed by atoms with E-state index in [0.29, 0.717) is 53.6 Å². The van der Waals surface area contributed by atoms with Crippen LogP contribution in [0.3, 0.4) is 0 Å². The standard InChI is InChI=1S/C30H25BrN2O8S/c1-5-40-29(37)25-15(2)32-30-33(26(25)19-13-20(31)23(39-4)14-22(19)38-3)27(34)24(42-30)12-18-10-11-21(41-18)16-6-8-17(9-7-16)28(35)36/h6-14,26H,5H2,1-4H3,(H,35,36)/b24-12+. The topological polar surface area (TPSA) is 130 Å². The number of carbonyl (C=O) groups is 2. The predicted octanol–water partition coefficient (Wildman–Crippen LogP) is 4.54. The molecule has 2 aromatic carbocycles. The van der Waals surface area contributed by atoms with E-state index in [-0.39, 0.29) is 23.3 Å². The molecule has 0 saturated heterocycles. The van der Waals surface area contributed by atoms with Crippen LogP contribution in [0.1, 0.15) is 41.6 Å². The van der Waals surface area contributed by atoms with Gasteiger partial charge in [-0.1, -0.05) is 23.5 Å². The van der Waals surface area contributed by atoms with Crippen LogP contribution in [0.5, 0.6) is 11.5 Å². The van der Waals surface area contributed by atoms with Gasteiger partial charge in [0.1, 0.15) is 29.1 Å². The molecule has 4 aromatic rings.